The molecule has 0 radical (unpaired) electrons. The molecular weight excluding hydrogens is 220 g/mol. The summed E-state index contributed by atoms with van der Waals surface area (Å²) in [6.45, 7) is 1.88. The molecule has 0 heterocycles. The van der Waals surface area contributed by atoms with E-state index >= 15 is 0 Å². The summed E-state index contributed by atoms with van der Waals surface area (Å²) in [5.41, 5.74) is 0.946. The molecule has 1 rings (SSSR count). The molecule has 17 heavy (non-hydrogen) atoms. The van der Waals surface area contributed by atoms with Crippen molar-refractivity contribution in [1.82, 2.24) is 0 Å². The molecule has 0 N–H and O–H groups in total. The van der Waals surface area contributed by atoms with Crippen LogP contribution in [0.3, 0.4) is 0 Å². The molecule has 1 aromatic rings. The van der Waals surface area contributed by atoms with Crippen LogP contribution >= 0.6 is 0 Å². The van der Waals surface area contributed by atoms with Crippen LogP contribution in [0.4, 0.5) is 0 Å². The van der Waals surface area contributed by atoms with Crippen LogP contribution in [-0.2, 0) is 14.3 Å². The number of aldehydes is 1. The zero-order valence-electron chi connectivity index (χ0n) is 10.6. The molecule has 0 spiro atoms. The van der Waals surface area contributed by atoms with Crippen LogP contribution in [0.25, 0.3) is 0 Å². The molecule has 0 aliphatic heterocycles. The molecule has 0 aliphatic carbocycles. The van der Waals surface area contributed by atoms with Crippen LogP contribution in [0.2, 0.25) is 0 Å². The number of carbonyl (C=O) groups excluding carboxylic acids is 1. The summed E-state index contributed by atoms with van der Waals surface area (Å²) in [4.78, 5) is 11.2. The Morgan fingerprint density at radius 1 is 1.12 bits per heavy atom. The lowest BCUT2D eigenvalue weighted by molar-refractivity contribution is -0.204. The fraction of sp³-hybridized carbons (Fsp3) is 0.462. The molecule has 0 unspecified atom stereocenters. The molecule has 0 saturated heterocycles. The standard InChI is InChI=1S/C13H18O4/c1-10(13(9-14,16-3)17-4)11-5-7-12(15-2)8-6-11/h5-10H,1-4H3/t10-/m0/s1. The average Bonchev–Trinajstić information content (AvgIpc) is 2.41. The number of rotatable bonds is 6. The van der Waals surface area contributed by atoms with Gasteiger partial charge in [0.25, 0.3) is 0 Å². The Hall–Kier alpha value is -1.39. The van der Waals surface area contributed by atoms with E-state index in [4.69, 9.17) is 14.2 Å². The Bertz CT molecular complexity index is 354. The third kappa shape index (κ3) is 2.65. The van der Waals surface area contributed by atoms with Gasteiger partial charge in [0.05, 0.1) is 7.11 Å². The molecule has 0 amide bonds. The molecule has 94 valence electrons. The summed E-state index contributed by atoms with van der Waals surface area (Å²) in [7, 11) is 4.52. The maximum atomic E-state index is 11.2. The minimum Gasteiger partial charge on any atom is -0.497 e. The van der Waals surface area contributed by atoms with E-state index in [1.54, 1.807) is 7.11 Å². The third-order valence-electron chi connectivity index (χ3n) is 3.02. The van der Waals surface area contributed by atoms with Gasteiger partial charge in [-0.3, -0.25) is 4.79 Å². The summed E-state index contributed by atoms with van der Waals surface area (Å²) >= 11 is 0. The molecule has 4 heteroatoms. The van der Waals surface area contributed by atoms with E-state index in [-0.39, 0.29) is 5.92 Å². The number of hydrogen-bond acceptors (Lipinski definition) is 4. The molecule has 4 nitrogen and oxygen atoms in total. The van der Waals surface area contributed by atoms with Crippen molar-refractivity contribution in [3.63, 3.8) is 0 Å². The van der Waals surface area contributed by atoms with Gasteiger partial charge in [-0.15, -0.1) is 0 Å². The first-order valence-electron chi connectivity index (χ1n) is 5.34. The van der Waals surface area contributed by atoms with Crippen molar-refractivity contribution in [3.8, 4) is 5.75 Å². The van der Waals surface area contributed by atoms with Crippen LogP contribution in [-0.4, -0.2) is 33.4 Å². The normalized spacial score (nSPS) is 13.2. The van der Waals surface area contributed by atoms with Gasteiger partial charge in [0, 0.05) is 20.1 Å². The highest BCUT2D eigenvalue weighted by atomic mass is 16.7. The van der Waals surface area contributed by atoms with Crippen molar-refractivity contribution in [2.24, 2.45) is 0 Å². The van der Waals surface area contributed by atoms with Gasteiger partial charge in [0.2, 0.25) is 5.79 Å². The molecule has 1 aromatic carbocycles. The van der Waals surface area contributed by atoms with Gasteiger partial charge in [-0.25, -0.2) is 0 Å². The number of benzene rings is 1. The van der Waals surface area contributed by atoms with Crippen molar-refractivity contribution < 1.29 is 19.0 Å². The van der Waals surface area contributed by atoms with E-state index in [0.29, 0.717) is 6.29 Å². The summed E-state index contributed by atoms with van der Waals surface area (Å²) in [6, 6.07) is 7.46. The predicted molar refractivity (Wildman–Crippen MR) is 64.2 cm³/mol. The van der Waals surface area contributed by atoms with E-state index in [0.717, 1.165) is 11.3 Å². The predicted octanol–water partition coefficient (Wildman–Crippen LogP) is 1.99. The highest BCUT2D eigenvalue weighted by molar-refractivity contribution is 5.62. The van der Waals surface area contributed by atoms with Gasteiger partial charge in [-0.1, -0.05) is 19.1 Å². The Balaban J connectivity index is 3.00. The maximum Gasteiger partial charge on any atom is 0.232 e. The van der Waals surface area contributed by atoms with Gasteiger partial charge < -0.3 is 14.2 Å². The second-order valence-corrected chi connectivity index (χ2v) is 3.74. The maximum absolute atomic E-state index is 11.2. The van der Waals surface area contributed by atoms with Crippen molar-refractivity contribution in [3.05, 3.63) is 29.8 Å². The smallest absolute Gasteiger partial charge is 0.232 e. The summed E-state index contributed by atoms with van der Waals surface area (Å²) in [5.74, 6) is -0.678. The van der Waals surface area contributed by atoms with Crippen LogP contribution in [0.5, 0.6) is 5.75 Å². The molecular formula is C13H18O4. The fourth-order valence-corrected chi connectivity index (χ4v) is 1.76. The first-order chi connectivity index (χ1) is 8.13. The highest BCUT2D eigenvalue weighted by Gasteiger charge is 2.37. The molecule has 0 fully saturated rings. The Kier molecular flexibility index (Phi) is 4.66. The number of carbonyl (C=O) groups is 1. The Morgan fingerprint density at radius 3 is 2.00 bits per heavy atom. The third-order valence-corrected chi connectivity index (χ3v) is 3.02. The van der Waals surface area contributed by atoms with E-state index in [9.17, 15) is 4.79 Å². The first-order valence-corrected chi connectivity index (χ1v) is 5.34. The summed E-state index contributed by atoms with van der Waals surface area (Å²) in [5, 5.41) is 0. The number of methoxy groups -OCH3 is 3. The minimum absolute atomic E-state index is 0.207. The monoisotopic (exact) mass is 238 g/mol. The van der Waals surface area contributed by atoms with Crippen molar-refractivity contribution >= 4 is 6.29 Å². The van der Waals surface area contributed by atoms with E-state index in [2.05, 4.69) is 0 Å². The Labute approximate surface area is 101 Å². The van der Waals surface area contributed by atoms with Gasteiger partial charge in [-0.05, 0) is 17.7 Å². The van der Waals surface area contributed by atoms with E-state index in [1.807, 2.05) is 31.2 Å². The van der Waals surface area contributed by atoms with E-state index in [1.165, 1.54) is 14.2 Å². The van der Waals surface area contributed by atoms with Crippen LogP contribution in [0.15, 0.2) is 24.3 Å². The lowest BCUT2D eigenvalue weighted by Gasteiger charge is -2.31. The van der Waals surface area contributed by atoms with Crippen LogP contribution < -0.4 is 4.74 Å². The second kappa shape index (κ2) is 5.80. The zero-order valence-corrected chi connectivity index (χ0v) is 10.6. The van der Waals surface area contributed by atoms with E-state index < -0.39 is 5.79 Å². The molecule has 0 aliphatic rings. The van der Waals surface area contributed by atoms with Crippen molar-refractivity contribution in [1.29, 1.82) is 0 Å². The van der Waals surface area contributed by atoms with Crippen LogP contribution in [0.1, 0.15) is 18.4 Å². The molecule has 0 saturated carbocycles. The van der Waals surface area contributed by atoms with Gasteiger partial charge in [0.1, 0.15) is 5.75 Å². The van der Waals surface area contributed by atoms with Gasteiger partial charge >= 0.3 is 0 Å². The summed E-state index contributed by atoms with van der Waals surface area (Å²) < 4.78 is 15.5. The molecule has 1 atom stereocenters. The topological polar surface area (TPSA) is 44.8 Å². The lowest BCUT2D eigenvalue weighted by Crippen LogP contribution is -2.41. The molecule has 0 bridgehead atoms. The van der Waals surface area contributed by atoms with Crippen molar-refractivity contribution in [2.75, 3.05) is 21.3 Å². The number of ether oxygens (including phenoxy) is 3. The quantitative estimate of drug-likeness (QED) is 0.561. The van der Waals surface area contributed by atoms with Gasteiger partial charge in [-0.2, -0.15) is 0 Å². The first kappa shape index (κ1) is 13.7. The number of hydrogen-bond donors (Lipinski definition) is 0. The highest BCUT2D eigenvalue weighted by Crippen LogP contribution is 2.31. The second-order valence-electron chi connectivity index (χ2n) is 3.74. The largest absolute Gasteiger partial charge is 0.497 e. The summed E-state index contributed by atoms with van der Waals surface area (Å²) in [6.07, 6.45) is 0.682. The lowest BCUT2D eigenvalue weighted by atomic mass is 9.93. The Morgan fingerprint density at radius 2 is 1.65 bits per heavy atom. The average molecular weight is 238 g/mol. The van der Waals surface area contributed by atoms with Crippen molar-refractivity contribution in [2.45, 2.75) is 18.6 Å². The van der Waals surface area contributed by atoms with Crippen LogP contribution in [0, 0.1) is 0 Å². The fourth-order valence-electron chi connectivity index (χ4n) is 1.76. The zero-order chi connectivity index (χ0) is 12.9. The SMILES string of the molecule is COc1ccc([C@H](C)C(C=O)(OC)OC)cc1. The minimum atomic E-state index is -1.24. The van der Waals surface area contributed by atoms with Gasteiger partial charge in [0.15, 0.2) is 6.29 Å². The molecule has 0 aromatic heterocycles.